The van der Waals surface area contributed by atoms with Gasteiger partial charge in [0.25, 0.3) is 0 Å². The summed E-state index contributed by atoms with van der Waals surface area (Å²) in [6, 6.07) is 4.84. The Morgan fingerprint density at radius 3 is 2.68 bits per heavy atom. The van der Waals surface area contributed by atoms with Gasteiger partial charge >= 0.3 is 11.9 Å². The van der Waals surface area contributed by atoms with Gasteiger partial charge < -0.3 is 14.6 Å². The molecule has 1 aromatic rings. The number of ether oxygens (including phenoxy) is 2. The van der Waals surface area contributed by atoms with Crippen molar-refractivity contribution in [1.29, 1.82) is 0 Å². The molecule has 1 aromatic carbocycles. The maximum absolute atomic E-state index is 11.1. The molecule has 0 radical (unpaired) electrons. The number of aliphatic carboxylic acids is 1. The first-order valence-electron chi connectivity index (χ1n) is 5.64. The quantitative estimate of drug-likeness (QED) is 0.652. The van der Waals surface area contributed by atoms with Crippen LogP contribution in [-0.2, 0) is 20.7 Å². The van der Waals surface area contributed by atoms with Crippen molar-refractivity contribution in [3.63, 3.8) is 0 Å². The van der Waals surface area contributed by atoms with E-state index in [0.717, 1.165) is 0 Å². The molecule has 0 bridgehead atoms. The van der Waals surface area contributed by atoms with Crippen molar-refractivity contribution in [2.45, 2.75) is 13.3 Å². The third-order valence-corrected chi connectivity index (χ3v) is 2.19. The predicted molar refractivity (Wildman–Crippen MR) is 67.8 cm³/mol. The van der Waals surface area contributed by atoms with Crippen LogP contribution in [0.4, 0.5) is 0 Å². The molecule has 1 rings (SSSR count). The van der Waals surface area contributed by atoms with Crippen molar-refractivity contribution >= 4 is 11.9 Å². The van der Waals surface area contributed by atoms with Crippen molar-refractivity contribution in [3.05, 3.63) is 29.3 Å². The summed E-state index contributed by atoms with van der Waals surface area (Å²) in [6.45, 7) is 1.94. The third-order valence-electron chi connectivity index (χ3n) is 2.19. The van der Waals surface area contributed by atoms with E-state index in [4.69, 9.17) is 9.84 Å². The number of rotatable bonds is 4. The van der Waals surface area contributed by atoms with Crippen molar-refractivity contribution in [2.75, 3.05) is 13.7 Å². The van der Waals surface area contributed by atoms with E-state index in [1.54, 1.807) is 25.1 Å². The smallest absolute Gasteiger partial charge is 0.384 e. The number of esters is 1. The van der Waals surface area contributed by atoms with E-state index in [1.807, 2.05) is 0 Å². The second kappa shape index (κ2) is 7.07. The zero-order chi connectivity index (χ0) is 14.3. The van der Waals surface area contributed by atoms with Crippen LogP contribution in [0.25, 0.3) is 0 Å². The van der Waals surface area contributed by atoms with Crippen LogP contribution < -0.4 is 4.74 Å². The van der Waals surface area contributed by atoms with Gasteiger partial charge in [-0.1, -0.05) is 12.0 Å². The van der Waals surface area contributed by atoms with Crippen molar-refractivity contribution in [1.82, 2.24) is 0 Å². The molecule has 0 aliphatic heterocycles. The Morgan fingerprint density at radius 2 is 2.11 bits per heavy atom. The van der Waals surface area contributed by atoms with Crippen LogP contribution >= 0.6 is 0 Å². The Bertz CT molecular complexity index is 537. The van der Waals surface area contributed by atoms with Gasteiger partial charge in [0, 0.05) is 5.92 Å². The summed E-state index contributed by atoms with van der Waals surface area (Å²) in [4.78, 5) is 21.8. The topological polar surface area (TPSA) is 72.8 Å². The third kappa shape index (κ3) is 4.72. The fourth-order valence-corrected chi connectivity index (χ4v) is 1.42. The minimum absolute atomic E-state index is 0.113. The number of carboxylic acid groups (broad SMARTS) is 1. The van der Waals surface area contributed by atoms with Crippen LogP contribution in [0.2, 0.25) is 0 Å². The molecule has 5 heteroatoms. The molecule has 0 saturated heterocycles. The summed E-state index contributed by atoms with van der Waals surface area (Å²) in [5, 5.41) is 8.73. The molecule has 19 heavy (non-hydrogen) atoms. The fourth-order valence-electron chi connectivity index (χ4n) is 1.42. The van der Waals surface area contributed by atoms with Gasteiger partial charge in [-0.2, -0.15) is 0 Å². The van der Waals surface area contributed by atoms with Crippen molar-refractivity contribution in [2.24, 2.45) is 0 Å². The lowest BCUT2D eigenvalue weighted by atomic mass is 10.1. The minimum atomic E-state index is -0.936. The van der Waals surface area contributed by atoms with E-state index >= 15 is 0 Å². The van der Waals surface area contributed by atoms with E-state index in [-0.39, 0.29) is 13.0 Å². The molecule has 1 N–H and O–H groups in total. The Kier molecular flexibility index (Phi) is 5.42. The molecule has 0 aliphatic rings. The molecule has 0 aliphatic carbocycles. The van der Waals surface area contributed by atoms with Gasteiger partial charge in [-0.15, -0.1) is 0 Å². The number of carbonyl (C=O) groups excluding carboxylic acids is 1. The standard InChI is InChI=1S/C14H14O5/c1-3-19-14(17)7-5-11-8-10(9-13(15)16)4-6-12(11)18-2/h4,6,8H,3,9H2,1-2H3,(H,15,16). The zero-order valence-corrected chi connectivity index (χ0v) is 10.7. The van der Waals surface area contributed by atoms with Gasteiger partial charge in [0.2, 0.25) is 0 Å². The number of carboxylic acids is 1. The molecular weight excluding hydrogens is 248 g/mol. The van der Waals surface area contributed by atoms with Gasteiger partial charge in [0.15, 0.2) is 0 Å². The highest BCUT2D eigenvalue weighted by atomic mass is 16.5. The van der Waals surface area contributed by atoms with Gasteiger partial charge in [-0.25, -0.2) is 4.79 Å². The number of carbonyl (C=O) groups is 2. The van der Waals surface area contributed by atoms with Gasteiger partial charge in [0.05, 0.1) is 25.7 Å². The summed E-state index contributed by atoms with van der Waals surface area (Å²) < 4.78 is 9.78. The SMILES string of the molecule is CCOC(=O)C#Cc1cc(CC(=O)O)ccc1OC. The number of hydrogen-bond acceptors (Lipinski definition) is 4. The molecule has 0 heterocycles. The molecule has 0 fully saturated rings. The first kappa shape index (κ1) is 14.6. The van der Waals surface area contributed by atoms with Gasteiger partial charge in [0.1, 0.15) is 5.75 Å². The van der Waals surface area contributed by atoms with Crippen molar-refractivity contribution in [3.8, 4) is 17.6 Å². The molecule has 100 valence electrons. The van der Waals surface area contributed by atoms with Crippen LogP contribution in [0.1, 0.15) is 18.1 Å². The minimum Gasteiger partial charge on any atom is -0.495 e. The highest BCUT2D eigenvalue weighted by Gasteiger charge is 2.06. The Morgan fingerprint density at radius 1 is 1.37 bits per heavy atom. The average Bonchev–Trinajstić information content (AvgIpc) is 2.36. The van der Waals surface area contributed by atoms with Crippen LogP contribution in [0.3, 0.4) is 0 Å². The van der Waals surface area contributed by atoms with E-state index in [0.29, 0.717) is 16.9 Å². The molecule has 0 atom stereocenters. The zero-order valence-electron chi connectivity index (χ0n) is 10.7. The number of methoxy groups -OCH3 is 1. The molecule has 5 nitrogen and oxygen atoms in total. The van der Waals surface area contributed by atoms with Gasteiger partial charge in [-0.05, 0) is 24.6 Å². The predicted octanol–water partition coefficient (Wildman–Crippen LogP) is 1.24. The molecule has 0 saturated carbocycles. The summed E-state index contributed by atoms with van der Waals surface area (Å²) in [5.41, 5.74) is 1.04. The van der Waals surface area contributed by atoms with E-state index in [2.05, 4.69) is 16.6 Å². The summed E-state index contributed by atoms with van der Waals surface area (Å²) >= 11 is 0. The molecule has 0 aromatic heterocycles. The number of benzene rings is 1. The van der Waals surface area contributed by atoms with Crippen LogP contribution in [0.15, 0.2) is 18.2 Å². The lowest BCUT2D eigenvalue weighted by Crippen LogP contribution is -2.02. The Balaban J connectivity index is 3.02. The first-order chi connectivity index (χ1) is 9.06. The highest BCUT2D eigenvalue weighted by molar-refractivity contribution is 5.89. The normalized spacial score (nSPS) is 9.16. The monoisotopic (exact) mass is 262 g/mol. The maximum Gasteiger partial charge on any atom is 0.384 e. The molecule has 0 amide bonds. The summed E-state index contributed by atoms with van der Waals surface area (Å²) in [5.74, 6) is 3.85. The van der Waals surface area contributed by atoms with Gasteiger partial charge in [-0.3, -0.25) is 4.79 Å². The summed E-state index contributed by atoms with van der Waals surface area (Å²) in [6.07, 6.45) is -0.113. The molecule has 0 unspecified atom stereocenters. The molecule has 0 spiro atoms. The summed E-state index contributed by atoms with van der Waals surface area (Å²) in [7, 11) is 1.47. The van der Waals surface area contributed by atoms with E-state index in [9.17, 15) is 9.59 Å². The van der Waals surface area contributed by atoms with E-state index < -0.39 is 11.9 Å². The second-order valence-electron chi connectivity index (χ2n) is 3.58. The van der Waals surface area contributed by atoms with Crippen LogP contribution in [0.5, 0.6) is 5.75 Å². The van der Waals surface area contributed by atoms with E-state index in [1.165, 1.54) is 7.11 Å². The van der Waals surface area contributed by atoms with Crippen LogP contribution in [0, 0.1) is 11.8 Å². The highest BCUT2D eigenvalue weighted by Crippen LogP contribution is 2.19. The second-order valence-corrected chi connectivity index (χ2v) is 3.58. The fraction of sp³-hybridized carbons (Fsp3) is 0.286. The largest absolute Gasteiger partial charge is 0.495 e. The lowest BCUT2D eigenvalue weighted by molar-refractivity contribution is -0.137. The van der Waals surface area contributed by atoms with Crippen molar-refractivity contribution < 1.29 is 24.2 Å². The first-order valence-corrected chi connectivity index (χ1v) is 5.64. The number of hydrogen-bond donors (Lipinski definition) is 1. The maximum atomic E-state index is 11.1. The molecular formula is C14H14O5. The van der Waals surface area contributed by atoms with Crippen LogP contribution in [-0.4, -0.2) is 30.8 Å². The lowest BCUT2D eigenvalue weighted by Gasteiger charge is -2.05. The Labute approximate surface area is 111 Å². The Hall–Kier alpha value is -2.48. The average molecular weight is 262 g/mol.